The van der Waals surface area contributed by atoms with Gasteiger partial charge in [-0.1, -0.05) is 17.7 Å². The van der Waals surface area contributed by atoms with Crippen LogP contribution in [0.15, 0.2) is 48.3 Å². The van der Waals surface area contributed by atoms with Gasteiger partial charge >= 0.3 is 12.1 Å². The highest BCUT2D eigenvalue weighted by Gasteiger charge is 2.33. The Morgan fingerprint density at radius 1 is 1.36 bits per heavy atom. The van der Waals surface area contributed by atoms with Gasteiger partial charge < -0.3 is 9.67 Å². The molecule has 0 saturated heterocycles. The third-order valence-electron chi connectivity index (χ3n) is 4.00. The lowest BCUT2D eigenvalue weighted by molar-refractivity contribution is -0.137. The van der Waals surface area contributed by atoms with E-state index in [1.54, 1.807) is 29.0 Å². The molecule has 0 spiro atoms. The molecule has 2 heterocycles. The number of aliphatic carboxylic acids is 1. The van der Waals surface area contributed by atoms with Gasteiger partial charge in [0.15, 0.2) is 0 Å². The number of fused-ring (bicyclic) bond motifs is 1. The van der Waals surface area contributed by atoms with E-state index in [9.17, 15) is 18.0 Å². The van der Waals surface area contributed by atoms with E-state index in [-0.39, 0.29) is 6.54 Å². The van der Waals surface area contributed by atoms with Crippen molar-refractivity contribution in [1.82, 2.24) is 9.55 Å². The summed E-state index contributed by atoms with van der Waals surface area (Å²) in [5.74, 6) is -1.38. The van der Waals surface area contributed by atoms with Gasteiger partial charge in [0.2, 0.25) is 0 Å². The molecule has 142 valence electrons. The van der Waals surface area contributed by atoms with E-state index in [4.69, 9.17) is 22.0 Å². The van der Waals surface area contributed by atoms with Crippen LogP contribution in [-0.2, 0) is 17.5 Å². The number of rotatable bonds is 4. The number of pyridine rings is 1. The molecule has 1 aromatic carbocycles. The summed E-state index contributed by atoms with van der Waals surface area (Å²) in [6.45, 7) is 0.0521. The van der Waals surface area contributed by atoms with Gasteiger partial charge in [-0.3, -0.25) is 0 Å². The van der Waals surface area contributed by atoms with Crippen LogP contribution >= 0.6 is 11.6 Å². The maximum Gasteiger partial charge on any atom is 0.417 e. The quantitative estimate of drug-likeness (QED) is 0.502. The summed E-state index contributed by atoms with van der Waals surface area (Å²) in [5.41, 5.74) is -0.192. The molecule has 0 bridgehead atoms. The summed E-state index contributed by atoms with van der Waals surface area (Å²) >= 11 is 5.65. The summed E-state index contributed by atoms with van der Waals surface area (Å²) in [6, 6.07) is 8.53. The fourth-order valence-electron chi connectivity index (χ4n) is 2.77. The Morgan fingerprint density at radius 3 is 2.75 bits per heavy atom. The molecule has 0 atom stereocenters. The molecule has 0 unspecified atom stereocenters. The maximum absolute atomic E-state index is 13.1. The Hall–Kier alpha value is -3.31. The number of alkyl halides is 3. The Balaban J connectivity index is 2.09. The molecule has 1 N–H and O–H groups in total. The minimum Gasteiger partial charge on any atom is -0.477 e. The third kappa shape index (κ3) is 3.85. The maximum atomic E-state index is 13.1. The normalized spacial score (nSPS) is 12.2. The van der Waals surface area contributed by atoms with Crippen molar-refractivity contribution in [3.8, 4) is 6.07 Å². The van der Waals surface area contributed by atoms with Crippen LogP contribution in [0.25, 0.3) is 17.1 Å². The van der Waals surface area contributed by atoms with Crippen molar-refractivity contribution >= 4 is 34.7 Å². The molecule has 0 amide bonds. The number of carboxylic acids is 1. The highest BCUT2D eigenvalue weighted by atomic mass is 35.5. The van der Waals surface area contributed by atoms with Gasteiger partial charge in [-0.05, 0) is 35.9 Å². The summed E-state index contributed by atoms with van der Waals surface area (Å²) < 4.78 is 40.8. The van der Waals surface area contributed by atoms with Crippen molar-refractivity contribution in [2.24, 2.45) is 0 Å². The minimum atomic E-state index is -4.58. The number of hydrogen-bond donors (Lipinski definition) is 1. The smallest absolute Gasteiger partial charge is 0.417 e. The zero-order valence-electron chi connectivity index (χ0n) is 14.0. The first kappa shape index (κ1) is 19.5. The van der Waals surface area contributed by atoms with Crippen molar-refractivity contribution in [2.45, 2.75) is 12.7 Å². The topological polar surface area (TPSA) is 78.9 Å². The van der Waals surface area contributed by atoms with Crippen LogP contribution in [0.1, 0.15) is 16.7 Å². The molecule has 0 aliphatic rings. The standard InChI is InChI=1S/C19H11ClF3N3O2/c20-16-4-3-11(6-15(16)19(21,22)23)9-26-10-13(7-12(8-24)18(27)28)14-2-1-5-25-17(14)26/h1-7,10H,9H2,(H,27,28)/b12-7+. The van der Waals surface area contributed by atoms with Crippen molar-refractivity contribution in [3.63, 3.8) is 0 Å². The number of carboxylic acid groups (broad SMARTS) is 1. The number of hydrogen-bond acceptors (Lipinski definition) is 3. The van der Waals surface area contributed by atoms with E-state index in [1.165, 1.54) is 24.4 Å². The second-order valence-corrected chi connectivity index (χ2v) is 6.28. The summed E-state index contributed by atoms with van der Waals surface area (Å²) in [6.07, 6.45) is -0.329. The van der Waals surface area contributed by atoms with E-state index < -0.39 is 28.3 Å². The molecule has 3 rings (SSSR count). The Morgan fingerprint density at radius 2 is 2.11 bits per heavy atom. The number of carbonyl (C=O) groups is 1. The van der Waals surface area contributed by atoms with Crippen LogP contribution in [0.4, 0.5) is 13.2 Å². The summed E-state index contributed by atoms with van der Waals surface area (Å²) in [5, 5.41) is 18.2. The molecule has 0 saturated carbocycles. The molecule has 0 aliphatic carbocycles. The fraction of sp³-hybridized carbons (Fsp3) is 0.105. The second-order valence-electron chi connectivity index (χ2n) is 5.87. The molecule has 3 aromatic rings. The first-order chi connectivity index (χ1) is 13.2. The van der Waals surface area contributed by atoms with E-state index in [2.05, 4.69) is 4.98 Å². The zero-order valence-corrected chi connectivity index (χ0v) is 14.8. The molecule has 28 heavy (non-hydrogen) atoms. The predicted octanol–water partition coefficient (Wildman–Crippen LogP) is 4.75. The second kappa shape index (κ2) is 7.37. The van der Waals surface area contributed by atoms with E-state index in [0.717, 1.165) is 6.07 Å². The Labute approximate surface area is 161 Å². The highest BCUT2D eigenvalue weighted by molar-refractivity contribution is 6.31. The Bertz CT molecular complexity index is 1140. The van der Waals surface area contributed by atoms with Crippen molar-refractivity contribution in [1.29, 1.82) is 5.26 Å². The van der Waals surface area contributed by atoms with Crippen LogP contribution < -0.4 is 0 Å². The van der Waals surface area contributed by atoms with Crippen LogP contribution in [0, 0.1) is 11.3 Å². The lowest BCUT2D eigenvalue weighted by Crippen LogP contribution is -2.08. The van der Waals surface area contributed by atoms with E-state index in [1.807, 2.05) is 0 Å². The van der Waals surface area contributed by atoms with E-state index in [0.29, 0.717) is 22.2 Å². The fourth-order valence-corrected chi connectivity index (χ4v) is 2.99. The molecular formula is C19H11ClF3N3O2. The van der Waals surface area contributed by atoms with Gasteiger partial charge in [-0.25, -0.2) is 9.78 Å². The minimum absolute atomic E-state index is 0.0521. The molecule has 0 fully saturated rings. The van der Waals surface area contributed by atoms with Crippen molar-refractivity contribution in [3.05, 3.63) is 70.0 Å². The number of aromatic nitrogens is 2. The lowest BCUT2D eigenvalue weighted by Gasteiger charge is -2.11. The third-order valence-corrected chi connectivity index (χ3v) is 4.33. The lowest BCUT2D eigenvalue weighted by atomic mass is 10.1. The zero-order chi connectivity index (χ0) is 20.5. The van der Waals surface area contributed by atoms with Crippen molar-refractivity contribution in [2.75, 3.05) is 0 Å². The monoisotopic (exact) mass is 405 g/mol. The number of nitriles is 1. The molecule has 9 heteroatoms. The summed E-state index contributed by atoms with van der Waals surface area (Å²) in [7, 11) is 0. The van der Waals surface area contributed by atoms with Gasteiger partial charge in [0.25, 0.3) is 0 Å². The van der Waals surface area contributed by atoms with Gasteiger partial charge in [0.1, 0.15) is 17.3 Å². The van der Waals surface area contributed by atoms with Crippen LogP contribution in [-0.4, -0.2) is 20.6 Å². The largest absolute Gasteiger partial charge is 0.477 e. The van der Waals surface area contributed by atoms with Crippen LogP contribution in [0.3, 0.4) is 0 Å². The number of benzene rings is 1. The van der Waals surface area contributed by atoms with Crippen LogP contribution in [0.2, 0.25) is 5.02 Å². The molecule has 5 nitrogen and oxygen atoms in total. The summed E-state index contributed by atoms with van der Waals surface area (Å²) in [4.78, 5) is 15.3. The molecule has 0 radical (unpaired) electrons. The van der Waals surface area contributed by atoms with Gasteiger partial charge in [-0.2, -0.15) is 18.4 Å². The number of halogens is 4. The average Bonchev–Trinajstić information content (AvgIpc) is 2.97. The highest BCUT2D eigenvalue weighted by Crippen LogP contribution is 2.35. The predicted molar refractivity (Wildman–Crippen MR) is 96.5 cm³/mol. The SMILES string of the molecule is N#C/C(=C\c1cn(Cc2ccc(Cl)c(C(F)(F)F)c2)c2ncccc12)C(=O)O. The number of nitrogens with zero attached hydrogens (tertiary/aromatic N) is 3. The first-order valence-corrected chi connectivity index (χ1v) is 8.23. The average molecular weight is 406 g/mol. The molecule has 0 aliphatic heterocycles. The van der Waals surface area contributed by atoms with Gasteiger partial charge in [0, 0.05) is 29.9 Å². The van der Waals surface area contributed by atoms with Gasteiger partial charge in [-0.15, -0.1) is 0 Å². The molecular weight excluding hydrogens is 395 g/mol. The Kier molecular flexibility index (Phi) is 5.12. The molecule has 2 aromatic heterocycles. The van der Waals surface area contributed by atoms with Gasteiger partial charge in [0.05, 0.1) is 10.6 Å². The van der Waals surface area contributed by atoms with Crippen molar-refractivity contribution < 1.29 is 23.1 Å². The first-order valence-electron chi connectivity index (χ1n) is 7.85. The van der Waals surface area contributed by atoms with Crippen LogP contribution in [0.5, 0.6) is 0 Å². The van der Waals surface area contributed by atoms with E-state index >= 15 is 0 Å².